The lowest BCUT2D eigenvalue weighted by molar-refractivity contribution is 0.407. The molecule has 1 atom stereocenters. The van der Waals surface area contributed by atoms with Crippen LogP contribution in [0.5, 0.6) is 5.75 Å². The highest BCUT2D eigenvalue weighted by Gasteiger charge is 2.28. The van der Waals surface area contributed by atoms with Crippen LogP contribution in [0.3, 0.4) is 0 Å². The molecule has 0 radical (unpaired) electrons. The number of nitrogens with two attached hydrogens (primary N) is 1. The Labute approximate surface area is 97.8 Å². The van der Waals surface area contributed by atoms with E-state index >= 15 is 0 Å². The summed E-state index contributed by atoms with van der Waals surface area (Å²) >= 11 is 0. The minimum atomic E-state index is 0.380. The Morgan fingerprint density at radius 1 is 1.44 bits per heavy atom. The van der Waals surface area contributed by atoms with Gasteiger partial charge in [-0.15, -0.1) is 0 Å². The van der Waals surface area contributed by atoms with Gasteiger partial charge in [0.2, 0.25) is 0 Å². The fourth-order valence-corrected chi connectivity index (χ4v) is 2.18. The Morgan fingerprint density at radius 2 is 2.19 bits per heavy atom. The summed E-state index contributed by atoms with van der Waals surface area (Å²) in [6, 6.07) is 6.72. The Morgan fingerprint density at radius 3 is 2.81 bits per heavy atom. The summed E-state index contributed by atoms with van der Waals surface area (Å²) in [4.78, 5) is 0. The van der Waals surface area contributed by atoms with Crippen molar-refractivity contribution in [1.82, 2.24) is 0 Å². The molecule has 1 unspecified atom stereocenters. The van der Waals surface area contributed by atoms with Crippen LogP contribution in [0.1, 0.15) is 30.4 Å². The van der Waals surface area contributed by atoms with Crippen LogP contribution in [0, 0.1) is 12.8 Å². The molecular formula is C14H21NO. The van der Waals surface area contributed by atoms with Crippen LogP contribution in [0.25, 0.3) is 0 Å². The predicted molar refractivity (Wildman–Crippen MR) is 66.8 cm³/mol. The maximum atomic E-state index is 6.12. The lowest BCUT2D eigenvalue weighted by Crippen LogP contribution is -2.22. The number of hydrogen-bond acceptors (Lipinski definition) is 2. The van der Waals surface area contributed by atoms with Crippen LogP contribution in [0.15, 0.2) is 18.2 Å². The Kier molecular flexibility index (Phi) is 3.49. The summed E-state index contributed by atoms with van der Waals surface area (Å²) < 4.78 is 5.37. The first-order valence-corrected chi connectivity index (χ1v) is 6.10. The largest absolute Gasteiger partial charge is 0.496 e. The molecule has 0 aliphatic heterocycles. The fourth-order valence-electron chi connectivity index (χ4n) is 2.18. The molecule has 1 aliphatic carbocycles. The number of hydrogen-bond donors (Lipinski definition) is 1. The van der Waals surface area contributed by atoms with E-state index in [0.717, 1.165) is 24.5 Å². The van der Waals surface area contributed by atoms with Crippen molar-refractivity contribution in [2.75, 3.05) is 7.11 Å². The van der Waals surface area contributed by atoms with E-state index in [4.69, 9.17) is 10.5 Å². The van der Waals surface area contributed by atoms with Crippen molar-refractivity contribution >= 4 is 0 Å². The van der Waals surface area contributed by atoms with Crippen molar-refractivity contribution in [2.45, 2.75) is 38.6 Å². The summed E-state index contributed by atoms with van der Waals surface area (Å²) in [7, 11) is 1.73. The first-order chi connectivity index (χ1) is 7.70. The highest BCUT2D eigenvalue weighted by Crippen LogP contribution is 2.33. The number of aryl methyl sites for hydroxylation is 2. The zero-order valence-corrected chi connectivity index (χ0v) is 10.2. The highest BCUT2D eigenvalue weighted by atomic mass is 16.5. The number of rotatable bonds is 5. The molecule has 0 saturated heterocycles. The van der Waals surface area contributed by atoms with Gasteiger partial charge >= 0.3 is 0 Å². The third-order valence-electron chi connectivity index (χ3n) is 3.41. The lowest BCUT2D eigenvalue weighted by Gasteiger charge is -2.13. The molecule has 1 saturated carbocycles. The van der Waals surface area contributed by atoms with Crippen LogP contribution >= 0.6 is 0 Å². The quantitative estimate of drug-likeness (QED) is 0.826. The summed E-state index contributed by atoms with van der Waals surface area (Å²) in [5.41, 5.74) is 8.69. The van der Waals surface area contributed by atoms with E-state index in [1.54, 1.807) is 7.11 Å². The van der Waals surface area contributed by atoms with Crippen molar-refractivity contribution in [3.8, 4) is 5.75 Å². The summed E-state index contributed by atoms with van der Waals surface area (Å²) in [6.45, 7) is 2.11. The molecule has 0 spiro atoms. The Hall–Kier alpha value is -1.02. The molecule has 16 heavy (non-hydrogen) atoms. The monoisotopic (exact) mass is 219 g/mol. The SMILES string of the molecule is COc1ccc(C)cc1CCC(N)C1CC1. The molecule has 2 N–H and O–H groups in total. The smallest absolute Gasteiger partial charge is 0.122 e. The van der Waals surface area contributed by atoms with E-state index in [9.17, 15) is 0 Å². The van der Waals surface area contributed by atoms with E-state index in [1.165, 1.54) is 24.0 Å². The third kappa shape index (κ3) is 2.76. The van der Waals surface area contributed by atoms with Crippen molar-refractivity contribution in [3.63, 3.8) is 0 Å². The van der Waals surface area contributed by atoms with Crippen molar-refractivity contribution in [3.05, 3.63) is 29.3 Å². The van der Waals surface area contributed by atoms with E-state index in [-0.39, 0.29) is 0 Å². The van der Waals surface area contributed by atoms with E-state index in [1.807, 2.05) is 6.07 Å². The summed E-state index contributed by atoms with van der Waals surface area (Å²) in [6.07, 6.45) is 4.76. The third-order valence-corrected chi connectivity index (χ3v) is 3.41. The van der Waals surface area contributed by atoms with Gasteiger partial charge in [0, 0.05) is 6.04 Å². The minimum Gasteiger partial charge on any atom is -0.496 e. The van der Waals surface area contributed by atoms with E-state index < -0.39 is 0 Å². The molecule has 2 rings (SSSR count). The van der Waals surface area contributed by atoms with Gasteiger partial charge in [0.15, 0.2) is 0 Å². The molecule has 2 nitrogen and oxygen atoms in total. The normalized spacial score (nSPS) is 17.2. The summed E-state index contributed by atoms with van der Waals surface area (Å²) in [5.74, 6) is 1.78. The van der Waals surface area contributed by atoms with Gasteiger partial charge in [0.25, 0.3) is 0 Å². The zero-order valence-electron chi connectivity index (χ0n) is 10.2. The van der Waals surface area contributed by atoms with Gasteiger partial charge in [-0.3, -0.25) is 0 Å². The van der Waals surface area contributed by atoms with Gasteiger partial charge in [-0.1, -0.05) is 17.7 Å². The molecule has 1 aliphatic rings. The molecular weight excluding hydrogens is 198 g/mol. The molecule has 88 valence electrons. The molecule has 1 aromatic rings. The van der Waals surface area contributed by atoms with Crippen LogP contribution in [-0.4, -0.2) is 13.2 Å². The second-order valence-electron chi connectivity index (χ2n) is 4.86. The van der Waals surface area contributed by atoms with Gasteiger partial charge in [-0.25, -0.2) is 0 Å². The van der Waals surface area contributed by atoms with Gasteiger partial charge in [-0.2, -0.15) is 0 Å². The van der Waals surface area contributed by atoms with Gasteiger partial charge in [0.1, 0.15) is 5.75 Å². The standard InChI is InChI=1S/C14H21NO/c1-10-3-8-14(16-2)12(9-10)6-7-13(15)11-4-5-11/h3,8-9,11,13H,4-7,15H2,1-2H3. The number of methoxy groups -OCH3 is 1. The molecule has 1 fully saturated rings. The van der Waals surface area contributed by atoms with Gasteiger partial charge < -0.3 is 10.5 Å². The van der Waals surface area contributed by atoms with Crippen molar-refractivity contribution in [1.29, 1.82) is 0 Å². The second-order valence-corrected chi connectivity index (χ2v) is 4.86. The average molecular weight is 219 g/mol. The fraction of sp³-hybridized carbons (Fsp3) is 0.571. The maximum absolute atomic E-state index is 6.12. The molecule has 0 amide bonds. The molecule has 1 aromatic carbocycles. The first-order valence-electron chi connectivity index (χ1n) is 6.10. The molecule has 0 bridgehead atoms. The molecule has 0 aromatic heterocycles. The van der Waals surface area contributed by atoms with Gasteiger partial charge in [0.05, 0.1) is 7.11 Å². The van der Waals surface area contributed by atoms with Crippen LogP contribution < -0.4 is 10.5 Å². The van der Waals surface area contributed by atoms with Gasteiger partial charge in [-0.05, 0) is 50.2 Å². The molecule has 0 heterocycles. The maximum Gasteiger partial charge on any atom is 0.122 e. The average Bonchev–Trinajstić information content (AvgIpc) is 3.10. The van der Waals surface area contributed by atoms with Crippen LogP contribution in [0.4, 0.5) is 0 Å². The highest BCUT2D eigenvalue weighted by molar-refractivity contribution is 5.37. The second kappa shape index (κ2) is 4.88. The predicted octanol–water partition coefficient (Wildman–Crippen LogP) is 2.67. The van der Waals surface area contributed by atoms with Crippen molar-refractivity contribution in [2.24, 2.45) is 11.7 Å². The van der Waals surface area contributed by atoms with E-state index in [0.29, 0.717) is 6.04 Å². The zero-order chi connectivity index (χ0) is 11.5. The Balaban J connectivity index is 1.98. The topological polar surface area (TPSA) is 35.2 Å². The number of ether oxygens (including phenoxy) is 1. The molecule has 2 heteroatoms. The van der Waals surface area contributed by atoms with Crippen LogP contribution in [-0.2, 0) is 6.42 Å². The summed E-state index contributed by atoms with van der Waals surface area (Å²) in [5, 5.41) is 0. The number of benzene rings is 1. The first kappa shape index (κ1) is 11.5. The Bertz CT molecular complexity index is 358. The minimum absolute atomic E-state index is 0.380. The van der Waals surface area contributed by atoms with Crippen LogP contribution in [0.2, 0.25) is 0 Å². The van der Waals surface area contributed by atoms with E-state index in [2.05, 4.69) is 19.1 Å². The lowest BCUT2D eigenvalue weighted by atomic mass is 10.0. The van der Waals surface area contributed by atoms with Crippen molar-refractivity contribution < 1.29 is 4.74 Å².